The quantitative estimate of drug-likeness (QED) is 0.796. The number of hydrogen-bond donors (Lipinski definition) is 0. The Labute approximate surface area is 125 Å². The number of benzene rings is 1. The number of methoxy groups -OCH3 is 1. The molecule has 1 aliphatic heterocycles. The first-order chi connectivity index (χ1) is 10.0. The molecule has 1 heterocycles. The first-order valence-corrected chi connectivity index (χ1v) is 7.17. The molecule has 0 aromatic heterocycles. The van der Waals surface area contributed by atoms with E-state index in [2.05, 4.69) is 0 Å². The highest BCUT2D eigenvalue weighted by atomic mass is 16.5. The van der Waals surface area contributed by atoms with Gasteiger partial charge in [-0.05, 0) is 31.0 Å². The fourth-order valence-corrected chi connectivity index (χ4v) is 2.62. The van der Waals surface area contributed by atoms with Crippen LogP contribution in [0.5, 0.6) is 0 Å². The van der Waals surface area contributed by atoms with Crippen molar-refractivity contribution in [3.05, 3.63) is 29.8 Å². The maximum Gasteiger partial charge on any atom is 0.310 e. The van der Waals surface area contributed by atoms with E-state index in [0.717, 1.165) is 18.5 Å². The van der Waals surface area contributed by atoms with Gasteiger partial charge in [0.1, 0.15) is 0 Å². The molecule has 1 amide bonds. The lowest BCUT2D eigenvalue weighted by Gasteiger charge is -2.31. The minimum atomic E-state index is -0.227. The zero-order chi connectivity index (χ0) is 15.4. The number of nitrogens with zero attached hydrogens (tertiary/aromatic N) is 2. The van der Waals surface area contributed by atoms with Crippen LogP contribution in [0.2, 0.25) is 0 Å². The summed E-state index contributed by atoms with van der Waals surface area (Å²) in [6.45, 7) is 1.14. The Kier molecular flexibility index (Phi) is 4.83. The van der Waals surface area contributed by atoms with Crippen molar-refractivity contribution >= 4 is 17.6 Å². The summed E-state index contributed by atoms with van der Waals surface area (Å²) in [5, 5.41) is 0. The number of likely N-dealkylation sites (tertiary alicyclic amines) is 1. The van der Waals surface area contributed by atoms with E-state index in [-0.39, 0.29) is 17.8 Å². The van der Waals surface area contributed by atoms with Crippen molar-refractivity contribution in [1.29, 1.82) is 0 Å². The summed E-state index contributed by atoms with van der Waals surface area (Å²) in [7, 11) is 5.28. The van der Waals surface area contributed by atoms with E-state index < -0.39 is 0 Å². The van der Waals surface area contributed by atoms with Gasteiger partial charge in [0.15, 0.2) is 0 Å². The third-order valence-electron chi connectivity index (χ3n) is 3.85. The molecular formula is C16H22N2O3. The number of rotatable bonds is 3. The van der Waals surface area contributed by atoms with Crippen molar-refractivity contribution in [2.24, 2.45) is 5.92 Å². The Morgan fingerprint density at radius 3 is 2.76 bits per heavy atom. The van der Waals surface area contributed by atoms with E-state index >= 15 is 0 Å². The normalized spacial score (nSPS) is 18.2. The second kappa shape index (κ2) is 6.61. The van der Waals surface area contributed by atoms with Crippen molar-refractivity contribution in [3.8, 4) is 0 Å². The molecular weight excluding hydrogens is 268 g/mol. The molecule has 1 saturated heterocycles. The Hall–Kier alpha value is -2.04. The molecule has 0 bridgehead atoms. The Morgan fingerprint density at radius 1 is 1.33 bits per heavy atom. The SMILES string of the molecule is COC(=O)[C@H]1CCCN(C(=O)c2cccc(N(C)C)c2)C1. The zero-order valence-corrected chi connectivity index (χ0v) is 12.8. The van der Waals surface area contributed by atoms with Crippen molar-refractivity contribution in [2.75, 3.05) is 39.2 Å². The third-order valence-corrected chi connectivity index (χ3v) is 3.85. The number of carbonyl (C=O) groups is 2. The molecule has 0 spiro atoms. The molecule has 1 aromatic rings. The smallest absolute Gasteiger partial charge is 0.310 e. The highest BCUT2D eigenvalue weighted by molar-refractivity contribution is 5.95. The molecule has 5 nitrogen and oxygen atoms in total. The summed E-state index contributed by atoms with van der Waals surface area (Å²) >= 11 is 0. The van der Waals surface area contributed by atoms with Crippen LogP contribution >= 0.6 is 0 Å². The van der Waals surface area contributed by atoms with Gasteiger partial charge in [-0.2, -0.15) is 0 Å². The molecule has 0 N–H and O–H groups in total. The summed E-state index contributed by atoms with van der Waals surface area (Å²) in [4.78, 5) is 27.9. The van der Waals surface area contributed by atoms with Gasteiger partial charge < -0.3 is 14.5 Å². The fourth-order valence-electron chi connectivity index (χ4n) is 2.62. The standard InChI is InChI=1S/C16H22N2O3/c1-17(2)14-8-4-6-12(10-14)15(19)18-9-5-7-13(11-18)16(20)21-3/h4,6,8,10,13H,5,7,9,11H2,1-3H3/t13-/m0/s1. The van der Waals surface area contributed by atoms with Crippen molar-refractivity contribution in [2.45, 2.75) is 12.8 Å². The molecule has 1 fully saturated rings. The number of hydrogen-bond acceptors (Lipinski definition) is 4. The Bertz CT molecular complexity index is 528. The van der Waals surface area contributed by atoms with Gasteiger partial charge in [0.05, 0.1) is 13.0 Å². The average molecular weight is 290 g/mol. The van der Waals surface area contributed by atoms with Crippen molar-refractivity contribution in [3.63, 3.8) is 0 Å². The van der Waals surface area contributed by atoms with Crippen molar-refractivity contribution < 1.29 is 14.3 Å². The van der Waals surface area contributed by atoms with Crippen LogP contribution in [0, 0.1) is 5.92 Å². The van der Waals surface area contributed by atoms with Crippen LogP contribution in [-0.4, -0.2) is 51.1 Å². The second-order valence-corrected chi connectivity index (χ2v) is 5.56. The predicted octanol–water partition coefficient (Wildman–Crippen LogP) is 1.78. The van der Waals surface area contributed by atoms with E-state index in [9.17, 15) is 9.59 Å². The topological polar surface area (TPSA) is 49.9 Å². The van der Waals surface area contributed by atoms with Gasteiger partial charge >= 0.3 is 5.97 Å². The van der Waals surface area contributed by atoms with E-state index in [1.165, 1.54) is 7.11 Å². The first kappa shape index (κ1) is 15.4. The van der Waals surface area contributed by atoms with Crippen LogP contribution in [0.1, 0.15) is 23.2 Å². The van der Waals surface area contributed by atoms with Gasteiger partial charge in [0.25, 0.3) is 5.91 Å². The lowest BCUT2D eigenvalue weighted by atomic mass is 9.97. The van der Waals surface area contributed by atoms with Crippen LogP contribution in [0.15, 0.2) is 24.3 Å². The fraction of sp³-hybridized carbons (Fsp3) is 0.500. The molecule has 1 aromatic carbocycles. The summed E-state index contributed by atoms with van der Waals surface area (Å²) < 4.78 is 4.79. The Morgan fingerprint density at radius 2 is 2.10 bits per heavy atom. The van der Waals surface area contributed by atoms with Crippen LogP contribution in [0.3, 0.4) is 0 Å². The molecule has 0 aliphatic carbocycles. The molecule has 2 rings (SSSR count). The molecule has 21 heavy (non-hydrogen) atoms. The largest absolute Gasteiger partial charge is 0.469 e. The van der Waals surface area contributed by atoms with Gasteiger partial charge in [0, 0.05) is 38.4 Å². The number of carbonyl (C=O) groups excluding carboxylic acids is 2. The summed E-state index contributed by atoms with van der Waals surface area (Å²) in [5.74, 6) is -0.452. The van der Waals surface area contributed by atoms with Crippen LogP contribution in [0.4, 0.5) is 5.69 Å². The summed E-state index contributed by atoms with van der Waals surface area (Å²) in [6, 6.07) is 7.54. The van der Waals surface area contributed by atoms with Crippen molar-refractivity contribution in [1.82, 2.24) is 4.90 Å². The van der Waals surface area contributed by atoms with E-state index in [4.69, 9.17) is 4.74 Å². The average Bonchev–Trinajstić information content (AvgIpc) is 2.53. The van der Waals surface area contributed by atoms with E-state index in [1.807, 2.05) is 43.3 Å². The second-order valence-electron chi connectivity index (χ2n) is 5.56. The molecule has 1 aliphatic rings. The molecule has 0 radical (unpaired) electrons. The van der Waals surface area contributed by atoms with Crippen LogP contribution in [-0.2, 0) is 9.53 Å². The monoisotopic (exact) mass is 290 g/mol. The van der Waals surface area contributed by atoms with Gasteiger partial charge in [-0.1, -0.05) is 6.07 Å². The predicted molar refractivity (Wildman–Crippen MR) is 81.4 cm³/mol. The highest BCUT2D eigenvalue weighted by Gasteiger charge is 2.29. The first-order valence-electron chi connectivity index (χ1n) is 7.17. The molecule has 0 unspecified atom stereocenters. The molecule has 1 atom stereocenters. The van der Waals surface area contributed by atoms with Gasteiger partial charge in [-0.15, -0.1) is 0 Å². The molecule has 5 heteroatoms. The van der Waals surface area contributed by atoms with E-state index in [1.54, 1.807) is 4.90 Å². The minimum absolute atomic E-state index is 0.0210. The number of esters is 1. The lowest BCUT2D eigenvalue weighted by molar-refractivity contribution is -0.146. The maximum atomic E-state index is 12.6. The number of anilines is 1. The third kappa shape index (κ3) is 3.54. The van der Waals surface area contributed by atoms with Gasteiger partial charge in [0.2, 0.25) is 0 Å². The van der Waals surface area contributed by atoms with Gasteiger partial charge in [-0.25, -0.2) is 0 Å². The summed E-state index contributed by atoms with van der Waals surface area (Å²) in [5.41, 5.74) is 1.65. The van der Waals surface area contributed by atoms with Gasteiger partial charge in [-0.3, -0.25) is 9.59 Å². The zero-order valence-electron chi connectivity index (χ0n) is 12.8. The minimum Gasteiger partial charge on any atom is -0.469 e. The summed E-state index contributed by atoms with van der Waals surface area (Å²) in [6.07, 6.45) is 1.62. The van der Waals surface area contributed by atoms with E-state index in [0.29, 0.717) is 18.7 Å². The van der Waals surface area contributed by atoms with Crippen LogP contribution < -0.4 is 4.90 Å². The lowest BCUT2D eigenvalue weighted by Crippen LogP contribution is -2.42. The molecule has 114 valence electrons. The maximum absolute atomic E-state index is 12.6. The number of ether oxygens (including phenoxy) is 1. The number of piperidine rings is 1. The Balaban J connectivity index is 2.12. The molecule has 0 saturated carbocycles. The van der Waals surface area contributed by atoms with Crippen LogP contribution in [0.25, 0.3) is 0 Å². The number of amides is 1. The highest BCUT2D eigenvalue weighted by Crippen LogP contribution is 2.21.